The molecule has 0 aliphatic rings. The predicted molar refractivity (Wildman–Crippen MR) is 96.1 cm³/mol. The molecule has 0 aliphatic carbocycles. The standard InChI is InChI=1S/C15H10F6N6O2S2/c1-3-31(28,29)11-9(24-13-27(11)25-12(30-13)15(19,20)21)10-23-6-4-8(14(16,17)18)22-5-7(6)26(10)2/h4-5H,3H2,1-2H3. The maximum atomic E-state index is 13.0. The molecule has 4 aromatic heterocycles. The lowest BCUT2D eigenvalue weighted by atomic mass is 10.3. The maximum absolute atomic E-state index is 13.0. The number of halogens is 6. The third kappa shape index (κ3) is 3.42. The third-order valence-corrected chi connectivity index (χ3v) is 7.02. The molecule has 0 atom stereocenters. The Morgan fingerprint density at radius 3 is 2.35 bits per heavy atom. The Bertz CT molecular complexity index is 1430. The van der Waals surface area contributed by atoms with Crippen LogP contribution in [0.2, 0.25) is 0 Å². The fourth-order valence-corrected chi connectivity index (χ4v) is 4.78. The molecule has 0 aliphatic heterocycles. The summed E-state index contributed by atoms with van der Waals surface area (Å²) in [4.78, 5) is 11.0. The number of aryl methyl sites for hydroxylation is 1. The molecule has 0 amide bonds. The summed E-state index contributed by atoms with van der Waals surface area (Å²) in [5.74, 6) is -0.634. The van der Waals surface area contributed by atoms with Gasteiger partial charge in [-0.25, -0.2) is 23.4 Å². The zero-order chi connectivity index (χ0) is 22.9. The van der Waals surface area contributed by atoms with Crippen molar-refractivity contribution >= 4 is 37.2 Å². The van der Waals surface area contributed by atoms with Crippen LogP contribution in [-0.2, 0) is 29.2 Å². The second-order valence-corrected chi connectivity index (χ2v) is 9.47. The Hall–Kier alpha value is -2.75. The number of hydrogen-bond acceptors (Lipinski definition) is 7. The molecule has 0 saturated heterocycles. The number of rotatable bonds is 3. The molecule has 4 heterocycles. The summed E-state index contributed by atoms with van der Waals surface area (Å²) in [6.45, 7) is 1.28. The first-order valence-corrected chi connectivity index (χ1v) is 10.8. The van der Waals surface area contributed by atoms with E-state index in [1.54, 1.807) is 0 Å². The predicted octanol–water partition coefficient (Wildman–Crippen LogP) is 3.57. The number of hydrogen-bond donors (Lipinski definition) is 0. The van der Waals surface area contributed by atoms with E-state index in [0.717, 1.165) is 6.20 Å². The molecule has 4 aromatic rings. The van der Waals surface area contributed by atoms with Gasteiger partial charge in [0.2, 0.25) is 9.97 Å². The molecule has 0 spiro atoms. The van der Waals surface area contributed by atoms with Gasteiger partial charge in [0.05, 0.1) is 23.0 Å². The van der Waals surface area contributed by atoms with Crippen molar-refractivity contribution in [1.29, 1.82) is 0 Å². The van der Waals surface area contributed by atoms with E-state index in [9.17, 15) is 34.8 Å². The highest BCUT2D eigenvalue weighted by Gasteiger charge is 2.39. The van der Waals surface area contributed by atoms with Crippen LogP contribution < -0.4 is 0 Å². The van der Waals surface area contributed by atoms with E-state index in [4.69, 9.17) is 0 Å². The van der Waals surface area contributed by atoms with Crippen molar-refractivity contribution in [3.8, 4) is 11.5 Å². The molecule has 0 bridgehead atoms. The molecule has 8 nitrogen and oxygen atoms in total. The van der Waals surface area contributed by atoms with Crippen LogP contribution in [0.1, 0.15) is 17.6 Å². The van der Waals surface area contributed by atoms with Crippen molar-refractivity contribution in [2.24, 2.45) is 7.05 Å². The van der Waals surface area contributed by atoms with Crippen LogP contribution in [-0.4, -0.2) is 43.3 Å². The molecule has 16 heteroatoms. The Balaban J connectivity index is 2.01. The highest BCUT2D eigenvalue weighted by Crippen LogP contribution is 2.37. The van der Waals surface area contributed by atoms with Gasteiger partial charge in [-0.15, -0.1) is 5.10 Å². The zero-order valence-corrected chi connectivity index (χ0v) is 17.1. The van der Waals surface area contributed by atoms with Gasteiger partial charge in [0, 0.05) is 7.05 Å². The quantitative estimate of drug-likeness (QED) is 0.413. The highest BCUT2D eigenvalue weighted by atomic mass is 32.2. The van der Waals surface area contributed by atoms with Crippen LogP contribution in [0.15, 0.2) is 17.3 Å². The minimum Gasteiger partial charge on any atom is -0.324 e. The third-order valence-electron chi connectivity index (χ3n) is 4.35. The molecule has 4 rings (SSSR count). The highest BCUT2D eigenvalue weighted by molar-refractivity contribution is 7.91. The first-order valence-electron chi connectivity index (χ1n) is 8.33. The second-order valence-electron chi connectivity index (χ2n) is 6.32. The second kappa shape index (κ2) is 6.62. The monoisotopic (exact) mass is 484 g/mol. The van der Waals surface area contributed by atoms with Crippen molar-refractivity contribution in [2.45, 2.75) is 24.3 Å². The van der Waals surface area contributed by atoms with E-state index < -0.39 is 43.7 Å². The van der Waals surface area contributed by atoms with Crippen molar-refractivity contribution in [2.75, 3.05) is 5.75 Å². The molecule has 0 unspecified atom stereocenters. The Labute approximate surface area is 173 Å². The SMILES string of the molecule is CCS(=O)(=O)c1c(-c2nc3cc(C(F)(F)F)ncc3n2C)nc2sc(C(F)(F)F)nn12. The minimum atomic E-state index is -4.81. The van der Waals surface area contributed by atoms with E-state index in [1.165, 1.54) is 18.5 Å². The van der Waals surface area contributed by atoms with Crippen LogP contribution in [0.3, 0.4) is 0 Å². The lowest BCUT2D eigenvalue weighted by Gasteiger charge is -2.05. The Morgan fingerprint density at radius 1 is 1.10 bits per heavy atom. The lowest BCUT2D eigenvalue weighted by Crippen LogP contribution is -2.12. The first kappa shape index (κ1) is 21.5. The number of sulfone groups is 1. The van der Waals surface area contributed by atoms with Crippen LogP contribution >= 0.6 is 11.3 Å². The lowest BCUT2D eigenvalue weighted by molar-refractivity contribution is -0.141. The van der Waals surface area contributed by atoms with Crippen molar-refractivity contribution in [3.05, 3.63) is 23.0 Å². The fraction of sp³-hybridized carbons (Fsp3) is 0.333. The van der Waals surface area contributed by atoms with Gasteiger partial charge in [-0.1, -0.05) is 18.3 Å². The zero-order valence-electron chi connectivity index (χ0n) is 15.4. The summed E-state index contributed by atoms with van der Waals surface area (Å²) in [5, 5.41) is 1.43. The average molecular weight is 484 g/mol. The summed E-state index contributed by atoms with van der Waals surface area (Å²) in [6.07, 6.45) is -8.62. The molecule has 0 N–H and O–H groups in total. The van der Waals surface area contributed by atoms with E-state index in [1.807, 2.05) is 0 Å². The van der Waals surface area contributed by atoms with Gasteiger partial charge in [-0.3, -0.25) is 0 Å². The van der Waals surface area contributed by atoms with Gasteiger partial charge in [-0.05, 0) is 6.07 Å². The summed E-state index contributed by atoms with van der Waals surface area (Å²) in [7, 11) is -2.76. The van der Waals surface area contributed by atoms with Crippen LogP contribution in [0.4, 0.5) is 26.3 Å². The molecule has 0 aromatic carbocycles. The van der Waals surface area contributed by atoms with E-state index in [2.05, 4.69) is 20.1 Å². The number of aromatic nitrogens is 6. The molecule has 0 fully saturated rings. The van der Waals surface area contributed by atoms with Gasteiger partial charge in [0.1, 0.15) is 11.4 Å². The van der Waals surface area contributed by atoms with Gasteiger partial charge in [-0.2, -0.15) is 30.9 Å². The van der Waals surface area contributed by atoms with Gasteiger partial charge in [0.15, 0.2) is 20.7 Å². The van der Waals surface area contributed by atoms with Crippen molar-refractivity contribution in [3.63, 3.8) is 0 Å². The number of alkyl halides is 6. The van der Waals surface area contributed by atoms with E-state index >= 15 is 0 Å². The van der Waals surface area contributed by atoms with E-state index in [-0.39, 0.29) is 38.8 Å². The molecule has 0 radical (unpaired) electrons. The Morgan fingerprint density at radius 2 is 1.77 bits per heavy atom. The van der Waals surface area contributed by atoms with Gasteiger partial charge < -0.3 is 4.57 Å². The summed E-state index contributed by atoms with van der Waals surface area (Å²) in [5.41, 5.74) is -1.52. The smallest absolute Gasteiger partial charge is 0.324 e. The topological polar surface area (TPSA) is 95.0 Å². The maximum Gasteiger partial charge on any atom is 0.445 e. The largest absolute Gasteiger partial charge is 0.445 e. The molecule has 31 heavy (non-hydrogen) atoms. The molecular weight excluding hydrogens is 474 g/mol. The Kier molecular flexibility index (Phi) is 4.59. The van der Waals surface area contributed by atoms with Crippen molar-refractivity contribution < 1.29 is 34.8 Å². The van der Waals surface area contributed by atoms with Gasteiger partial charge >= 0.3 is 12.4 Å². The molecule has 0 saturated carbocycles. The summed E-state index contributed by atoms with van der Waals surface area (Å²) in [6, 6.07) is 0.686. The first-order chi connectivity index (χ1) is 14.2. The number of pyridine rings is 1. The number of imidazole rings is 2. The van der Waals surface area contributed by atoms with E-state index in [0.29, 0.717) is 10.6 Å². The fourth-order valence-electron chi connectivity index (χ4n) is 2.86. The van der Waals surface area contributed by atoms with Gasteiger partial charge in [0.25, 0.3) is 0 Å². The average Bonchev–Trinajstić information content (AvgIpc) is 3.30. The number of fused-ring (bicyclic) bond motifs is 2. The minimum absolute atomic E-state index is 0.132. The summed E-state index contributed by atoms with van der Waals surface area (Å²) >= 11 is 0.132. The van der Waals surface area contributed by atoms with Crippen LogP contribution in [0.25, 0.3) is 27.5 Å². The molecular formula is C15H10F6N6O2S2. The van der Waals surface area contributed by atoms with Crippen LogP contribution in [0.5, 0.6) is 0 Å². The number of nitrogens with zero attached hydrogens (tertiary/aromatic N) is 6. The summed E-state index contributed by atoms with van der Waals surface area (Å²) < 4.78 is 105. The van der Waals surface area contributed by atoms with Crippen LogP contribution in [0, 0.1) is 0 Å². The van der Waals surface area contributed by atoms with Crippen molar-refractivity contribution in [1.82, 2.24) is 29.1 Å². The normalized spacial score (nSPS) is 13.5. The molecule has 166 valence electrons.